The minimum Gasteiger partial charge on any atom is -0.469 e. The summed E-state index contributed by atoms with van der Waals surface area (Å²) in [5.41, 5.74) is 2.70. The Morgan fingerprint density at radius 2 is 2.35 bits per heavy atom. The molecule has 1 aromatic rings. The van der Waals surface area contributed by atoms with Crippen LogP contribution in [-0.2, 0) is 16.1 Å². The third kappa shape index (κ3) is 2.53. The van der Waals surface area contributed by atoms with Crippen molar-refractivity contribution in [2.24, 2.45) is 0 Å². The molecule has 88 valence electrons. The monoisotopic (exact) mass is 231 g/mol. The third-order valence-electron chi connectivity index (χ3n) is 2.64. The predicted molar refractivity (Wildman–Crippen MR) is 63.3 cm³/mol. The van der Waals surface area contributed by atoms with Crippen molar-refractivity contribution in [1.82, 2.24) is 5.32 Å². The molecule has 0 fully saturated rings. The van der Waals surface area contributed by atoms with Crippen molar-refractivity contribution < 1.29 is 14.3 Å². The average Bonchev–Trinajstić information content (AvgIpc) is 2.70. The molecule has 0 spiro atoms. The minimum atomic E-state index is -0.265. The molecule has 1 aromatic carbocycles. The number of esters is 1. The molecule has 0 saturated heterocycles. The van der Waals surface area contributed by atoms with Crippen molar-refractivity contribution in [3.8, 4) is 0 Å². The van der Waals surface area contributed by atoms with Gasteiger partial charge in [0, 0.05) is 12.1 Å². The van der Waals surface area contributed by atoms with Crippen LogP contribution in [0.15, 0.2) is 24.3 Å². The lowest BCUT2D eigenvalue weighted by molar-refractivity contribution is -0.139. The summed E-state index contributed by atoms with van der Waals surface area (Å²) >= 11 is 0. The van der Waals surface area contributed by atoms with Gasteiger partial charge >= 0.3 is 5.97 Å². The largest absolute Gasteiger partial charge is 0.469 e. The van der Waals surface area contributed by atoms with Crippen LogP contribution >= 0.6 is 0 Å². The lowest BCUT2D eigenvalue weighted by Gasteiger charge is -1.98. The van der Waals surface area contributed by atoms with Gasteiger partial charge in [0.25, 0.3) is 5.91 Å². The number of hydrogen-bond donors (Lipinski definition) is 1. The van der Waals surface area contributed by atoms with Gasteiger partial charge in [0.15, 0.2) is 0 Å². The number of nitrogens with one attached hydrogen (secondary N) is 1. The van der Waals surface area contributed by atoms with Crippen LogP contribution in [-0.4, -0.2) is 19.0 Å². The maximum Gasteiger partial charge on any atom is 0.309 e. The number of methoxy groups -OCH3 is 1. The molecule has 0 unspecified atom stereocenters. The van der Waals surface area contributed by atoms with E-state index in [1.807, 2.05) is 18.2 Å². The number of carbonyl (C=O) groups excluding carboxylic acids is 2. The van der Waals surface area contributed by atoms with E-state index in [2.05, 4.69) is 10.1 Å². The first-order valence-corrected chi connectivity index (χ1v) is 5.35. The van der Waals surface area contributed by atoms with Gasteiger partial charge in [-0.3, -0.25) is 9.59 Å². The lowest BCUT2D eigenvalue weighted by atomic mass is 10.1. The highest BCUT2D eigenvalue weighted by Gasteiger charge is 2.17. The Hall–Kier alpha value is -2.10. The second-order valence-electron chi connectivity index (χ2n) is 3.78. The molecule has 0 aliphatic carbocycles. The molecule has 1 N–H and O–H groups in total. The Kier molecular flexibility index (Phi) is 3.23. The third-order valence-corrected chi connectivity index (χ3v) is 2.64. The van der Waals surface area contributed by atoms with Crippen LogP contribution in [0.25, 0.3) is 6.08 Å². The molecule has 2 rings (SSSR count). The van der Waals surface area contributed by atoms with Gasteiger partial charge in [-0.2, -0.15) is 0 Å². The summed E-state index contributed by atoms with van der Waals surface area (Å²) in [4.78, 5) is 22.2. The Bertz CT molecular complexity index is 491. The number of amides is 1. The quantitative estimate of drug-likeness (QED) is 0.802. The van der Waals surface area contributed by atoms with Crippen molar-refractivity contribution in [3.05, 3.63) is 41.0 Å². The molecule has 0 atom stereocenters. The van der Waals surface area contributed by atoms with E-state index in [0.717, 1.165) is 16.7 Å². The Labute approximate surface area is 99.3 Å². The SMILES string of the molecule is COC(=O)CC=Cc1ccc2c(c1)CNC2=O. The van der Waals surface area contributed by atoms with Gasteiger partial charge in [-0.15, -0.1) is 0 Å². The first kappa shape index (κ1) is 11.4. The summed E-state index contributed by atoms with van der Waals surface area (Å²) in [7, 11) is 1.36. The number of rotatable bonds is 3. The number of benzene rings is 1. The molecule has 1 aliphatic heterocycles. The topological polar surface area (TPSA) is 55.4 Å². The Morgan fingerprint density at radius 3 is 3.12 bits per heavy atom. The van der Waals surface area contributed by atoms with Crippen molar-refractivity contribution in [3.63, 3.8) is 0 Å². The van der Waals surface area contributed by atoms with E-state index >= 15 is 0 Å². The van der Waals surface area contributed by atoms with Gasteiger partial charge in [-0.25, -0.2) is 0 Å². The molecule has 1 amide bonds. The summed E-state index contributed by atoms with van der Waals surface area (Å²) in [5, 5.41) is 2.76. The molecular weight excluding hydrogens is 218 g/mol. The van der Waals surface area contributed by atoms with E-state index in [0.29, 0.717) is 6.54 Å². The number of carbonyl (C=O) groups is 2. The number of ether oxygens (including phenoxy) is 1. The second kappa shape index (κ2) is 4.82. The minimum absolute atomic E-state index is 0.0231. The number of hydrogen-bond acceptors (Lipinski definition) is 3. The first-order valence-electron chi connectivity index (χ1n) is 5.35. The lowest BCUT2D eigenvalue weighted by Crippen LogP contribution is -2.12. The highest BCUT2D eigenvalue weighted by Crippen LogP contribution is 2.18. The standard InChI is InChI=1S/C13H13NO3/c1-17-12(15)4-2-3-9-5-6-11-10(7-9)8-14-13(11)16/h2-3,5-7H,4,8H2,1H3,(H,14,16). The van der Waals surface area contributed by atoms with E-state index in [4.69, 9.17) is 0 Å². The average molecular weight is 231 g/mol. The summed E-state index contributed by atoms with van der Waals surface area (Å²) < 4.78 is 4.53. The Morgan fingerprint density at radius 1 is 1.53 bits per heavy atom. The molecule has 1 aliphatic rings. The van der Waals surface area contributed by atoms with E-state index in [-0.39, 0.29) is 18.3 Å². The first-order chi connectivity index (χ1) is 8.20. The van der Waals surface area contributed by atoms with Crippen LogP contribution in [0.1, 0.15) is 27.9 Å². The van der Waals surface area contributed by atoms with Crippen LogP contribution < -0.4 is 5.32 Å². The van der Waals surface area contributed by atoms with Crippen LogP contribution in [0.5, 0.6) is 0 Å². The van der Waals surface area contributed by atoms with E-state index in [1.165, 1.54) is 7.11 Å². The van der Waals surface area contributed by atoms with Crippen molar-refractivity contribution in [1.29, 1.82) is 0 Å². The predicted octanol–water partition coefficient (Wildman–Crippen LogP) is 1.51. The summed E-state index contributed by atoms with van der Waals surface area (Å²) in [6.45, 7) is 0.576. The van der Waals surface area contributed by atoms with E-state index in [9.17, 15) is 9.59 Å². The van der Waals surface area contributed by atoms with Crippen molar-refractivity contribution >= 4 is 18.0 Å². The normalized spacial score (nSPS) is 13.6. The molecule has 0 aromatic heterocycles. The zero-order valence-corrected chi connectivity index (χ0v) is 9.53. The Balaban J connectivity index is 2.08. The van der Waals surface area contributed by atoms with Crippen LogP contribution in [0, 0.1) is 0 Å². The maximum atomic E-state index is 11.3. The fourth-order valence-corrected chi connectivity index (χ4v) is 1.73. The molecule has 17 heavy (non-hydrogen) atoms. The summed E-state index contributed by atoms with van der Waals surface area (Å²) in [6, 6.07) is 5.61. The highest BCUT2D eigenvalue weighted by molar-refractivity contribution is 5.98. The molecule has 0 radical (unpaired) electrons. The maximum absolute atomic E-state index is 11.3. The van der Waals surface area contributed by atoms with Gasteiger partial charge < -0.3 is 10.1 Å². The second-order valence-corrected chi connectivity index (χ2v) is 3.78. The fourth-order valence-electron chi connectivity index (χ4n) is 1.73. The van der Waals surface area contributed by atoms with Crippen LogP contribution in [0.4, 0.5) is 0 Å². The molecular formula is C13H13NO3. The molecule has 4 heteroatoms. The molecule has 0 saturated carbocycles. The van der Waals surface area contributed by atoms with E-state index in [1.54, 1.807) is 12.1 Å². The zero-order chi connectivity index (χ0) is 12.3. The number of fused-ring (bicyclic) bond motifs is 1. The van der Waals surface area contributed by atoms with Gasteiger partial charge in [0.2, 0.25) is 0 Å². The molecule has 4 nitrogen and oxygen atoms in total. The van der Waals surface area contributed by atoms with Gasteiger partial charge in [-0.05, 0) is 23.3 Å². The van der Waals surface area contributed by atoms with Crippen molar-refractivity contribution in [2.75, 3.05) is 7.11 Å². The summed E-state index contributed by atoms with van der Waals surface area (Å²) in [5.74, 6) is -0.288. The smallest absolute Gasteiger partial charge is 0.309 e. The van der Waals surface area contributed by atoms with E-state index < -0.39 is 0 Å². The summed E-state index contributed by atoms with van der Waals surface area (Å²) in [6.07, 6.45) is 3.85. The molecule has 0 bridgehead atoms. The van der Waals surface area contributed by atoms with Gasteiger partial charge in [-0.1, -0.05) is 18.2 Å². The van der Waals surface area contributed by atoms with Crippen LogP contribution in [0.3, 0.4) is 0 Å². The molecule has 1 heterocycles. The van der Waals surface area contributed by atoms with Crippen molar-refractivity contribution in [2.45, 2.75) is 13.0 Å². The fraction of sp³-hybridized carbons (Fsp3) is 0.231. The van der Waals surface area contributed by atoms with Gasteiger partial charge in [0.1, 0.15) is 0 Å². The zero-order valence-electron chi connectivity index (χ0n) is 9.53. The highest BCUT2D eigenvalue weighted by atomic mass is 16.5. The van der Waals surface area contributed by atoms with Gasteiger partial charge in [0.05, 0.1) is 13.5 Å². The van der Waals surface area contributed by atoms with Crippen LogP contribution in [0.2, 0.25) is 0 Å².